The molecule has 1 N–H and O–H groups in total. The van der Waals surface area contributed by atoms with Crippen molar-refractivity contribution in [1.29, 1.82) is 0 Å². The van der Waals surface area contributed by atoms with Crippen LogP contribution < -0.4 is 10.6 Å². The van der Waals surface area contributed by atoms with Gasteiger partial charge in [-0.1, -0.05) is 30.3 Å². The van der Waals surface area contributed by atoms with Crippen molar-refractivity contribution in [3.8, 4) is 0 Å². The second kappa shape index (κ2) is 14.4. The van der Waals surface area contributed by atoms with Crippen LogP contribution in [0.4, 0.5) is 0 Å². The number of rotatable bonds is 2. The minimum Gasteiger partial charge on any atom is -0.504 e. The first-order valence-electron chi connectivity index (χ1n) is 12.5. The van der Waals surface area contributed by atoms with Crippen LogP contribution in [0.1, 0.15) is 80.4 Å². The molecule has 0 radical (unpaired) electrons. The third-order valence-electron chi connectivity index (χ3n) is 5.64. The summed E-state index contributed by atoms with van der Waals surface area (Å²) >= 11 is 0. The Hall–Kier alpha value is -1.79. The van der Waals surface area contributed by atoms with Crippen molar-refractivity contribution >= 4 is 24.5 Å². The van der Waals surface area contributed by atoms with Crippen LogP contribution in [0, 0.1) is 20.5 Å². The maximum Gasteiger partial charge on any atom is 2.00 e. The number of hydrogen-bond donors (Lipinski definition) is 1. The molecule has 37 heavy (non-hydrogen) atoms. The van der Waals surface area contributed by atoms with Crippen LogP contribution in [-0.4, -0.2) is 37.1 Å². The molecule has 1 atom stereocenters. The van der Waals surface area contributed by atoms with Gasteiger partial charge >= 0.3 is 20.4 Å². The van der Waals surface area contributed by atoms with Crippen LogP contribution >= 0.6 is 7.92 Å². The molecule has 2 aromatic rings. The molecule has 0 aliphatic carbocycles. The Labute approximate surface area is 241 Å². The first kappa shape index (κ1) is 35.2. The van der Waals surface area contributed by atoms with Gasteiger partial charge in [0.1, 0.15) is 0 Å². The molecule has 0 bridgehead atoms. The van der Waals surface area contributed by atoms with E-state index in [1.165, 1.54) is 21.7 Å². The molecule has 0 amide bonds. The molecule has 0 saturated heterocycles. The largest absolute Gasteiger partial charge is 2.00 e. The van der Waals surface area contributed by atoms with E-state index in [0.29, 0.717) is 0 Å². The summed E-state index contributed by atoms with van der Waals surface area (Å²) in [6, 6.07) is 17.4. The average molecular weight is 618 g/mol. The number of carboxylic acid groups (broad SMARTS) is 1. The summed E-state index contributed by atoms with van der Waals surface area (Å²) < 4.78 is 0. The number of nitrogens with zero attached hydrogens (tertiary/aromatic N) is 2. The third-order valence-corrected chi connectivity index (χ3v) is 9.26. The molecular formula is C31H48N2O2PPd+. The number of hydrogen-bond acceptors (Lipinski definition) is 3. The topological polar surface area (TPSA) is 43.8 Å². The molecule has 3 rings (SSSR count). The van der Waals surface area contributed by atoms with E-state index in [1.54, 1.807) is 0 Å². The SMILES string of the molecule is CC(=O)O.CC(C)(C)N1C=CN(C(C)(C)C)[CH-]1.[CH2-]c1ccccc1[PH+](c1ccccc1C)C(C)(C)C.[Pd+2]. The van der Waals surface area contributed by atoms with Crippen molar-refractivity contribution in [2.45, 2.75) is 92.4 Å². The van der Waals surface area contributed by atoms with Gasteiger partial charge in [-0.25, -0.2) is 0 Å². The van der Waals surface area contributed by atoms with Crippen molar-refractivity contribution in [2.75, 3.05) is 0 Å². The van der Waals surface area contributed by atoms with Crippen LogP contribution in [0.3, 0.4) is 0 Å². The maximum atomic E-state index is 9.00. The minimum atomic E-state index is -0.838. The first-order chi connectivity index (χ1) is 16.4. The van der Waals surface area contributed by atoms with Crippen molar-refractivity contribution < 1.29 is 30.3 Å². The zero-order valence-electron chi connectivity index (χ0n) is 24.6. The van der Waals surface area contributed by atoms with Crippen LogP contribution in [0.25, 0.3) is 0 Å². The standard InChI is InChI=1S/C18H22P.C11H21N2.C2H4O2.Pd/c1-14-10-6-8-12-16(14)19(18(3,4)5)17-13-9-7-11-15(17)2;1-10(2,3)12-7-8-13(9-12)11(4,5)6;1-2(3)4;/h6-13H,1H2,2-5H3;7-9H,1-6H3;1H3,(H,3,4);/q2*-1;;+2/p+1. The Morgan fingerprint density at radius 3 is 1.51 bits per heavy atom. The Kier molecular flexibility index (Phi) is 13.7. The van der Waals surface area contributed by atoms with Gasteiger partial charge in [0.15, 0.2) is 0 Å². The van der Waals surface area contributed by atoms with Crippen molar-refractivity contribution in [3.63, 3.8) is 0 Å². The molecule has 6 heteroatoms. The average Bonchev–Trinajstić information content (AvgIpc) is 3.22. The van der Waals surface area contributed by atoms with E-state index in [-0.39, 0.29) is 36.7 Å². The van der Waals surface area contributed by atoms with Crippen molar-refractivity contribution in [1.82, 2.24) is 9.80 Å². The van der Waals surface area contributed by atoms with E-state index < -0.39 is 13.9 Å². The Morgan fingerprint density at radius 1 is 0.811 bits per heavy atom. The van der Waals surface area contributed by atoms with E-state index in [9.17, 15) is 0 Å². The predicted molar refractivity (Wildman–Crippen MR) is 159 cm³/mol. The predicted octanol–water partition coefficient (Wildman–Crippen LogP) is 7.02. The summed E-state index contributed by atoms with van der Waals surface area (Å²) in [7, 11) is -0.838. The monoisotopic (exact) mass is 617 g/mol. The third kappa shape index (κ3) is 11.6. The number of carbonyl (C=O) groups is 1. The molecule has 1 aliphatic heterocycles. The van der Waals surface area contributed by atoms with Crippen LogP contribution in [0.15, 0.2) is 60.9 Å². The summed E-state index contributed by atoms with van der Waals surface area (Å²) in [6.07, 6.45) is 4.26. The van der Waals surface area contributed by atoms with Crippen LogP contribution in [0.2, 0.25) is 0 Å². The fraction of sp³-hybridized carbons (Fsp3) is 0.452. The van der Waals surface area contributed by atoms with Gasteiger partial charge in [0, 0.05) is 31.2 Å². The first-order valence-corrected chi connectivity index (χ1v) is 14.0. The molecular weight excluding hydrogens is 570 g/mol. The van der Waals surface area contributed by atoms with Crippen LogP contribution in [-0.2, 0) is 25.2 Å². The number of benzene rings is 2. The van der Waals surface area contributed by atoms with E-state index in [0.717, 1.165) is 6.92 Å². The van der Waals surface area contributed by atoms with E-state index in [4.69, 9.17) is 9.90 Å². The van der Waals surface area contributed by atoms with Crippen molar-refractivity contribution in [2.24, 2.45) is 0 Å². The summed E-state index contributed by atoms with van der Waals surface area (Å²) in [5.74, 6) is -0.833. The Balaban J connectivity index is 0.000000628. The van der Waals surface area contributed by atoms with Gasteiger partial charge in [-0.15, -0.1) is 6.07 Å². The van der Waals surface area contributed by atoms with E-state index >= 15 is 0 Å². The normalized spacial score (nSPS) is 14.0. The smallest absolute Gasteiger partial charge is 0.504 e. The minimum absolute atomic E-state index is 0. The van der Waals surface area contributed by atoms with Gasteiger partial charge in [-0.3, -0.25) is 4.79 Å². The second-order valence-electron chi connectivity index (χ2n) is 12.2. The molecule has 0 fully saturated rings. The fourth-order valence-corrected chi connectivity index (χ4v) is 7.03. The zero-order chi connectivity index (χ0) is 27.9. The summed E-state index contributed by atoms with van der Waals surface area (Å²) in [5, 5.41) is 10.6. The molecule has 0 saturated carbocycles. The molecule has 4 nitrogen and oxygen atoms in total. The number of carboxylic acids is 1. The molecule has 0 aromatic heterocycles. The Bertz CT molecular complexity index is 945. The van der Waals surface area contributed by atoms with Gasteiger partial charge in [0.2, 0.25) is 0 Å². The second-order valence-corrected chi connectivity index (χ2v) is 15.5. The summed E-state index contributed by atoms with van der Waals surface area (Å²) in [4.78, 5) is 13.5. The van der Waals surface area contributed by atoms with Crippen molar-refractivity contribution in [3.05, 3.63) is 85.7 Å². The molecule has 1 aliphatic rings. The van der Waals surface area contributed by atoms with E-state index in [2.05, 4.69) is 154 Å². The summed E-state index contributed by atoms with van der Waals surface area (Å²) in [5.41, 5.74) is 2.93. The van der Waals surface area contributed by atoms with Gasteiger partial charge in [-0.2, -0.15) is 25.2 Å². The molecule has 2 aromatic carbocycles. The zero-order valence-corrected chi connectivity index (χ0v) is 27.2. The molecule has 208 valence electrons. The molecule has 1 heterocycles. The fourth-order valence-electron chi connectivity index (χ4n) is 3.72. The summed E-state index contributed by atoms with van der Waals surface area (Å²) in [6.45, 7) is 30.0. The van der Waals surface area contributed by atoms with Gasteiger partial charge in [0.05, 0.1) is 10.5 Å². The van der Waals surface area contributed by atoms with E-state index in [1.807, 2.05) is 0 Å². The molecule has 1 unspecified atom stereocenters. The number of aliphatic carboxylic acids is 1. The molecule has 0 spiro atoms. The van der Waals surface area contributed by atoms with Gasteiger partial charge in [-0.05, 0) is 93.3 Å². The Morgan fingerprint density at radius 2 is 1.19 bits per heavy atom. The maximum absolute atomic E-state index is 9.00. The number of aryl methyl sites for hydroxylation is 1. The van der Waals surface area contributed by atoms with Gasteiger partial charge in [0.25, 0.3) is 5.97 Å². The quantitative estimate of drug-likeness (QED) is 0.223. The van der Waals surface area contributed by atoms with Crippen LogP contribution in [0.5, 0.6) is 0 Å². The van der Waals surface area contributed by atoms with Gasteiger partial charge < -0.3 is 14.9 Å².